The van der Waals surface area contributed by atoms with Crippen LogP contribution in [0.25, 0.3) is 0 Å². The van der Waals surface area contributed by atoms with Crippen LogP contribution in [0, 0.1) is 0 Å². The summed E-state index contributed by atoms with van der Waals surface area (Å²) in [6.07, 6.45) is 1.92. The van der Waals surface area contributed by atoms with E-state index in [0.717, 1.165) is 37.4 Å². The first-order valence-corrected chi connectivity index (χ1v) is 7.44. The highest BCUT2D eigenvalue weighted by Gasteiger charge is 2.35. The van der Waals surface area contributed by atoms with Crippen LogP contribution in [0.3, 0.4) is 0 Å². The molecule has 1 aromatic carbocycles. The number of anilines is 1. The van der Waals surface area contributed by atoms with Gasteiger partial charge in [0.2, 0.25) is 5.91 Å². The SMILES string of the molecule is CN(C)CCOc1ccc(NC(=O)C2(C)CCCN2)cc1. The molecule has 0 aliphatic carbocycles. The van der Waals surface area contributed by atoms with Crippen LogP contribution in [0.2, 0.25) is 0 Å². The Hall–Kier alpha value is -1.59. The molecular weight excluding hydrogens is 266 g/mol. The summed E-state index contributed by atoms with van der Waals surface area (Å²) in [5.41, 5.74) is 0.357. The van der Waals surface area contributed by atoms with E-state index in [0.29, 0.717) is 6.61 Å². The number of hydrogen-bond acceptors (Lipinski definition) is 4. The van der Waals surface area contributed by atoms with E-state index in [4.69, 9.17) is 4.74 Å². The first-order valence-electron chi connectivity index (χ1n) is 7.44. The van der Waals surface area contributed by atoms with Gasteiger partial charge in [-0.3, -0.25) is 4.79 Å². The number of carbonyl (C=O) groups is 1. The summed E-state index contributed by atoms with van der Waals surface area (Å²) in [7, 11) is 4.03. The Morgan fingerprint density at radius 3 is 2.67 bits per heavy atom. The van der Waals surface area contributed by atoms with Crippen LogP contribution in [0.1, 0.15) is 19.8 Å². The van der Waals surface area contributed by atoms with Gasteiger partial charge in [-0.2, -0.15) is 0 Å². The van der Waals surface area contributed by atoms with Crippen LogP contribution in [0.15, 0.2) is 24.3 Å². The van der Waals surface area contributed by atoms with Gasteiger partial charge in [0.05, 0.1) is 5.54 Å². The van der Waals surface area contributed by atoms with Crippen molar-refractivity contribution in [3.05, 3.63) is 24.3 Å². The molecule has 1 amide bonds. The van der Waals surface area contributed by atoms with Crippen LogP contribution < -0.4 is 15.4 Å². The molecule has 2 N–H and O–H groups in total. The van der Waals surface area contributed by atoms with Gasteiger partial charge in [-0.1, -0.05) is 0 Å². The highest BCUT2D eigenvalue weighted by molar-refractivity contribution is 5.98. The van der Waals surface area contributed by atoms with Crippen molar-refractivity contribution in [1.82, 2.24) is 10.2 Å². The Bertz CT molecular complexity index is 465. The molecule has 0 spiro atoms. The summed E-state index contributed by atoms with van der Waals surface area (Å²) in [4.78, 5) is 14.3. The van der Waals surface area contributed by atoms with Gasteiger partial charge in [0.15, 0.2) is 0 Å². The number of amides is 1. The van der Waals surface area contributed by atoms with E-state index >= 15 is 0 Å². The number of ether oxygens (including phenoxy) is 1. The largest absolute Gasteiger partial charge is 0.492 e. The van der Waals surface area contributed by atoms with E-state index in [1.165, 1.54) is 0 Å². The van der Waals surface area contributed by atoms with Gasteiger partial charge < -0.3 is 20.3 Å². The molecule has 21 heavy (non-hydrogen) atoms. The normalized spacial score (nSPS) is 21.5. The Kier molecular flexibility index (Phi) is 5.20. The molecular formula is C16H25N3O2. The summed E-state index contributed by atoms with van der Waals surface area (Å²) in [5, 5.41) is 6.22. The molecule has 1 saturated heterocycles. The number of likely N-dealkylation sites (N-methyl/N-ethyl adjacent to an activating group) is 1. The molecule has 1 atom stereocenters. The lowest BCUT2D eigenvalue weighted by Gasteiger charge is -2.23. The van der Waals surface area contributed by atoms with E-state index in [1.807, 2.05) is 45.3 Å². The maximum Gasteiger partial charge on any atom is 0.244 e. The molecule has 1 unspecified atom stereocenters. The predicted octanol–water partition coefficient (Wildman–Crippen LogP) is 1.71. The smallest absolute Gasteiger partial charge is 0.244 e. The first kappa shape index (κ1) is 15.8. The fourth-order valence-electron chi connectivity index (χ4n) is 2.34. The molecule has 1 aliphatic rings. The Balaban J connectivity index is 1.86. The van der Waals surface area contributed by atoms with Gasteiger partial charge in [0, 0.05) is 12.2 Å². The standard InChI is InChI=1S/C16H25N3O2/c1-16(9-4-10-17-16)15(20)18-13-5-7-14(8-6-13)21-12-11-19(2)3/h5-8,17H,4,9-12H2,1-3H3,(H,18,20). The van der Waals surface area contributed by atoms with Crippen molar-refractivity contribution < 1.29 is 9.53 Å². The fourth-order valence-corrected chi connectivity index (χ4v) is 2.34. The van der Waals surface area contributed by atoms with Crippen molar-refractivity contribution in [2.45, 2.75) is 25.3 Å². The molecule has 5 heteroatoms. The van der Waals surface area contributed by atoms with Gasteiger partial charge in [0.25, 0.3) is 0 Å². The molecule has 0 bridgehead atoms. The molecule has 1 fully saturated rings. The molecule has 0 radical (unpaired) electrons. The number of benzene rings is 1. The second kappa shape index (κ2) is 6.91. The van der Waals surface area contributed by atoms with Gasteiger partial charge in [-0.25, -0.2) is 0 Å². The van der Waals surface area contributed by atoms with Gasteiger partial charge in [-0.15, -0.1) is 0 Å². The first-order chi connectivity index (χ1) is 9.99. The van der Waals surface area contributed by atoms with Crippen molar-refractivity contribution in [2.24, 2.45) is 0 Å². The molecule has 2 rings (SSSR count). The average Bonchev–Trinajstić information content (AvgIpc) is 2.89. The summed E-state index contributed by atoms with van der Waals surface area (Å²) in [6.45, 7) is 4.39. The topological polar surface area (TPSA) is 53.6 Å². The number of nitrogens with zero attached hydrogens (tertiary/aromatic N) is 1. The van der Waals surface area contributed by atoms with Crippen LogP contribution in [-0.2, 0) is 4.79 Å². The molecule has 1 aromatic rings. The van der Waals surface area contributed by atoms with E-state index in [1.54, 1.807) is 0 Å². The molecule has 1 heterocycles. The Labute approximate surface area is 126 Å². The van der Waals surface area contributed by atoms with Gasteiger partial charge in [0.1, 0.15) is 12.4 Å². The highest BCUT2D eigenvalue weighted by Crippen LogP contribution is 2.22. The van der Waals surface area contributed by atoms with Crippen LogP contribution in [-0.4, -0.2) is 50.1 Å². The maximum absolute atomic E-state index is 12.3. The van der Waals surface area contributed by atoms with Crippen molar-refractivity contribution in [1.29, 1.82) is 0 Å². The fraction of sp³-hybridized carbons (Fsp3) is 0.562. The monoisotopic (exact) mass is 291 g/mol. The van der Waals surface area contributed by atoms with Crippen LogP contribution in [0.5, 0.6) is 5.75 Å². The number of carbonyl (C=O) groups excluding carboxylic acids is 1. The quantitative estimate of drug-likeness (QED) is 0.838. The van der Waals surface area contributed by atoms with Gasteiger partial charge in [-0.05, 0) is 64.7 Å². The number of hydrogen-bond donors (Lipinski definition) is 2. The third-order valence-corrected chi connectivity index (χ3v) is 3.79. The van der Waals surface area contributed by atoms with Crippen molar-refractivity contribution in [2.75, 3.05) is 39.1 Å². The predicted molar refractivity (Wildman–Crippen MR) is 84.8 cm³/mol. The van der Waals surface area contributed by atoms with Crippen molar-refractivity contribution in [3.63, 3.8) is 0 Å². The zero-order valence-corrected chi connectivity index (χ0v) is 13.1. The molecule has 1 aliphatic heterocycles. The maximum atomic E-state index is 12.3. The molecule has 116 valence electrons. The zero-order chi connectivity index (χ0) is 15.3. The summed E-state index contributed by atoms with van der Waals surface area (Å²) >= 11 is 0. The number of rotatable bonds is 6. The van der Waals surface area contributed by atoms with Gasteiger partial charge >= 0.3 is 0 Å². The van der Waals surface area contributed by atoms with E-state index in [9.17, 15) is 4.79 Å². The minimum atomic E-state index is -0.444. The number of nitrogens with one attached hydrogen (secondary N) is 2. The van der Waals surface area contributed by atoms with E-state index in [2.05, 4.69) is 15.5 Å². The minimum absolute atomic E-state index is 0.0290. The Morgan fingerprint density at radius 1 is 1.38 bits per heavy atom. The lowest BCUT2D eigenvalue weighted by Crippen LogP contribution is -2.47. The van der Waals surface area contributed by atoms with E-state index < -0.39 is 5.54 Å². The lowest BCUT2D eigenvalue weighted by atomic mass is 9.99. The second-order valence-corrected chi connectivity index (χ2v) is 5.99. The van der Waals surface area contributed by atoms with Crippen molar-refractivity contribution in [3.8, 4) is 5.75 Å². The van der Waals surface area contributed by atoms with Crippen LogP contribution in [0.4, 0.5) is 5.69 Å². The molecule has 0 saturated carbocycles. The zero-order valence-electron chi connectivity index (χ0n) is 13.1. The minimum Gasteiger partial charge on any atom is -0.492 e. The second-order valence-electron chi connectivity index (χ2n) is 5.99. The Morgan fingerprint density at radius 2 is 2.10 bits per heavy atom. The lowest BCUT2D eigenvalue weighted by molar-refractivity contribution is -0.121. The summed E-state index contributed by atoms with van der Waals surface area (Å²) in [5.74, 6) is 0.848. The summed E-state index contributed by atoms with van der Waals surface area (Å²) in [6, 6.07) is 7.52. The highest BCUT2D eigenvalue weighted by atomic mass is 16.5. The molecule has 0 aromatic heterocycles. The average molecular weight is 291 g/mol. The third-order valence-electron chi connectivity index (χ3n) is 3.79. The molecule has 5 nitrogen and oxygen atoms in total. The van der Waals surface area contributed by atoms with E-state index in [-0.39, 0.29) is 5.91 Å². The summed E-state index contributed by atoms with van der Waals surface area (Å²) < 4.78 is 5.63. The van der Waals surface area contributed by atoms with Crippen molar-refractivity contribution >= 4 is 11.6 Å². The van der Waals surface area contributed by atoms with Crippen LogP contribution >= 0.6 is 0 Å². The third kappa shape index (κ3) is 4.44.